The van der Waals surface area contributed by atoms with Crippen molar-refractivity contribution >= 4 is 11.9 Å². The SMILES string of the molecule is O=C(O)C1CCC2CCCCC2N1C(=O)c1ccno1. The number of carbonyl (C=O) groups excluding carboxylic acids is 1. The van der Waals surface area contributed by atoms with Crippen LogP contribution in [0.5, 0.6) is 0 Å². The Bertz CT molecular complexity index is 499. The van der Waals surface area contributed by atoms with E-state index < -0.39 is 12.0 Å². The molecule has 1 aliphatic carbocycles. The van der Waals surface area contributed by atoms with Gasteiger partial charge in [-0.1, -0.05) is 18.0 Å². The van der Waals surface area contributed by atoms with Gasteiger partial charge in [0.25, 0.3) is 5.91 Å². The van der Waals surface area contributed by atoms with E-state index in [0.717, 1.165) is 25.7 Å². The monoisotopic (exact) mass is 278 g/mol. The lowest BCUT2D eigenvalue weighted by Gasteiger charge is -2.46. The predicted molar refractivity (Wildman–Crippen MR) is 69.1 cm³/mol. The molecular formula is C14H18N2O4. The zero-order chi connectivity index (χ0) is 14.1. The number of aromatic nitrogens is 1. The molecule has 2 aliphatic rings. The molecule has 6 heteroatoms. The second kappa shape index (κ2) is 5.26. The topological polar surface area (TPSA) is 83.6 Å². The van der Waals surface area contributed by atoms with Gasteiger partial charge in [-0.25, -0.2) is 4.79 Å². The molecule has 1 aromatic heterocycles. The Balaban J connectivity index is 1.91. The highest BCUT2D eigenvalue weighted by molar-refractivity contribution is 5.94. The summed E-state index contributed by atoms with van der Waals surface area (Å²) in [6, 6.07) is 0.774. The number of likely N-dealkylation sites (tertiary alicyclic amines) is 1. The standard InChI is InChI=1S/C14H18N2O4/c17-13(12-7-8-15-20-12)16-10-4-2-1-3-9(10)5-6-11(16)14(18)19/h7-11H,1-6H2,(H,18,19). The van der Waals surface area contributed by atoms with Gasteiger partial charge in [0.05, 0.1) is 6.20 Å². The molecule has 3 atom stereocenters. The van der Waals surface area contributed by atoms with Crippen LogP contribution in [-0.2, 0) is 4.79 Å². The highest BCUT2D eigenvalue weighted by atomic mass is 16.5. The number of hydrogen-bond donors (Lipinski definition) is 1. The third-order valence-corrected chi connectivity index (χ3v) is 4.54. The van der Waals surface area contributed by atoms with Crippen molar-refractivity contribution in [3.63, 3.8) is 0 Å². The number of carboxylic acid groups (broad SMARTS) is 1. The predicted octanol–water partition coefficient (Wildman–Crippen LogP) is 1.92. The molecule has 1 aromatic rings. The first-order valence-electron chi connectivity index (χ1n) is 7.14. The number of amides is 1. The molecule has 2 fully saturated rings. The lowest BCUT2D eigenvalue weighted by Crippen LogP contribution is -2.57. The normalized spacial score (nSPS) is 29.8. The highest BCUT2D eigenvalue weighted by Crippen LogP contribution is 2.38. The summed E-state index contributed by atoms with van der Waals surface area (Å²) >= 11 is 0. The summed E-state index contributed by atoms with van der Waals surface area (Å²) in [6.07, 6.45) is 7.01. The molecule has 1 saturated heterocycles. The number of hydrogen-bond acceptors (Lipinski definition) is 4. The third kappa shape index (κ3) is 2.19. The number of fused-ring (bicyclic) bond motifs is 1. The van der Waals surface area contributed by atoms with Crippen LogP contribution < -0.4 is 0 Å². The quantitative estimate of drug-likeness (QED) is 0.893. The van der Waals surface area contributed by atoms with Crippen LogP contribution >= 0.6 is 0 Å². The van der Waals surface area contributed by atoms with E-state index in [1.165, 1.54) is 23.6 Å². The molecule has 0 spiro atoms. The Kier molecular flexibility index (Phi) is 3.46. The summed E-state index contributed by atoms with van der Waals surface area (Å²) in [5, 5.41) is 12.9. The summed E-state index contributed by atoms with van der Waals surface area (Å²) in [4.78, 5) is 25.6. The van der Waals surface area contributed by atoms with E-state index in [2.05, 4.69) is 5.16 Å². The minimum atomic E-state index is -0.929. The van der Waals surface area contributed by atoms with Crippen LogP contribution in [0.15, 0.2) is 16.8 Å². The van der Waals surface area contributed by atoms with E-state index in [9.17, 15) is 14.7 Å². The molecule has 3 unspecified atom stereocenters. The van der Waals surface area contributed by atoms with Gasteiger partial charge >= 0.3 is 5.97 Å². The molecule has 3 rings (SSSR count). The Morgan fingerprint density at radius 2 is 2.05 bits per heavy atom. The molecule has 1 amide bonds. The molecule has 2 heterocycles. The zero-order valence-corrected chi connectivity index (χ0v) is 11.2. The molecule has 20 heavy (non-hydrogen) atoms. The van der Waals surface area contributed by atoms with Crippen molar-refractivity contribution in [2.45, 2.75) is 50.6 Å². The second-order valence-corrected chi connectivity index (χ2v) is 5.63. The number of nitrogens with zero attached hydrogens (tertiary/aromatic N) is 2. The van der Waals surface area contributed by atoms with Crippen molar-refractivity contribution in [1.82, 2.24) is 10.1 Å². The minimum Gasteiger partial charge on any atom is -0.480 e. The number of aliphatic carboxylic acids is 1. The van der Waals surface area contributed by atoms with Crippen molar-refractivity contribution in [2.24, 2.45) is 5.92 Å². The van der Waals surface area contributed by atoms with Gasteiger partial charge in [0.1, 0.15) is 6.04 Å². The van der Waals surface area contributed by atoms with Crippen molar-refractivity contribution in [1.29, 1.82) is 0 Å². The Morgan fingerprint density at radius 1 is 1.25 bits per heavy atom. The first-order valence-corrected chi connectivity index (χ1v) is 7.14. The number of piperidine rings is 1. The van der Waals surface area contributed by atoms with Gasteiger partial charge in [-0.3, -0.25) is 4.79 Å². The van der Waals surface area contributed by atoms with Crippen LogP contribution in [0.4, 0.5) is 0 Å². The number of carboxylic acids is 1. The zero-order valence-electron chi connectivity index (χ0n) is 11.2. The largest absolute Gasteiger partial charge is 0.480 e. The van der Waals surface area contributed by atoms with Crippen molar-refractivity contribution in [2.75, 3.05) is 0 Å². The van der Waals surface area contributed by atoms with Crippen LogP contribution in [0.25, 0.3) is 0 Å². The van der Waals surface area contributed by atoms with Crippen LogP contribution in [0.1, 0.15) is 49.1 Å². The van der Waals surface area contributed by atoms with Gasteiger partial charge in [-0.05, 0) is 31.6 Å². The first kappa shape index (κ1) is 13.1. The van der Waals surface area contributed by atoms with E-state index in [4.69, 9.17) is 4.52 Å². The lowest BCUT2D eigenvalue weighted by molar-refractivity contribution is -0.146. The molecule has 1 N–H and O–H groups in total. The Labute approximate surface area is 116 Å². The van der Waals surface area contributed by atoms with Crippen LogP contribution in [0, 0.1) is 5.92 Å². The minimum absolute atomic E-state index is 0.0243. The Morgan fingerprint density at radius 3 is 2.75 bits per heavy atom. The number of carbonyl (C=O) groups is 2. The second-order valence-electron chi connectivity index (χ2n) is 5.63. The van der Waals surface area contributed by atoms with Crippen molar-refractivity contribution < 1.29 is 19.2 Å². The summed E-state index contributed by atoms with van der Waals surface area (Å²) in [6.45, 7) is 0. The van der Waals surface area contributed by atoms with Gasteiger partial charge < -0.3 is 14.5 Å². The van der Waals surface area contributed by atoms with Gasteiger partial charge in [-0.2, -0.15) is 0 Å². The summed E-state index contributed by atoms with van der Waals surface area (Å²) in [5.41, 5.74) is 0. The third-order valence-electron chi connectivity index (χ3n) is 4.54. The molecule has 0 radical (unpaired) electrons. The molecule has 108 valence electrons. The van der Waals surface area contributed by atoms with Crippen LogP contribution in [0.3, 0.4) is 0 Å². The van der Waals surface area contributed by atoms with E-state index in [1.54, 1.807) is 0 Å². The fraction of sp³-hybridized carbons (Fsp3) is 0.643. The lowest BCUT2D eigenvalue weighted by atomic mass is 9.76. The van der Waals surface area contributed by atoms with E-state index in [1.807, 2.05) is 0 Å². The average molecular weight is 278 g/mol. The van der Waals surface area contributed by atoms with E-state index in [-0.39, 0.29) is 17.7 Å². The molecule has 1 saturated carbocycles. The maximum atomic E-state index is 12.6. The van der Waals surface area contributed by atoms with Crippen molar-refractivity contribution in [3.05, 3.63) is 18.0 Å². The molecule has 6 nitrogen and oxygen atoms in total. The smallest absolute Gasteiger partial charge is 0.326 e. The van der Waals surface area contributed by atoms with Gasteiger partial charge in [0.2, 0.25) is 5.76 Å². The fourth-order valence-electron chi connectivity index (χ4n) is 3.62. The number of rotatable bonds is 2. The summed E-state index contributed by atoms with van der Waals surface area (Å²) in [7, 11) is 0. The molecular weight excluding hydrogens is 260 g/mol. The van der Waals surface area contributed by atoms with Gasteiger partial charge in [-0.15, -0.1) is 0 Å². The average Bonchev–Trinajstić information content (AvgIpc) is 2.99. The molecule has 0 bridgehead atoms. The van der Waals surface area contributed by atoms with Crippen LogP contribution in [0.2, 0.25) is 0 Å². The summed E-state index contributed by atoms with van der Waals surface area (Å²) in [5.74, 6) is -0.720. The van der Waals surface area contributed by atoms with Gasteiger partial charge in [0.15, 0.2) is 0 Å². The van der Waals surface area contributed by atoms with Gasteiger partial charge in [0, 0.05) is 12.1 Å². The van der Waals surface area contributed by atoms with Crippen LogP contribution in [-0.4, -0.2) is 39.1 Å². The maximum absolute atomic E-state index is 12.6. The first-order chi connectivity index (χ1) is 9.68. The highest BCUT2D eigenvalue weighted by Gasteiger charge is 2.44. The van der Waals surface area contributed by atoms with Crippen molar-refractivity contribution in [3.8, 4) is 0 Å². The Hall–Kier alpha value is -1.85. The maximum Gasteiger partial charge on any atom is 0.326 e. The molecule has 0 aromatic carbocycles. The van der Waals surface area contributed by atoms with E-state index >= 15 is 0 Å². The summed E-state index contributed by atoms with van der Waals surface area (Å²) < 4.78 is 4.92. The molecule has 1 aliphatic heterocycles. The van der Waals surface area contributed by atoms with E-state index in [0.29, 0.717) is 12.3 Å². The fourth-order valence-corrected chi connectivity index (χ4v) is 3.62.